The number of likely N-dealkylation sites (N-methyl/N-ethyl adjacent to an activating group) is 1. The van der Waals surface area contributed by atoms with Gasteiger partial charge < -0.3 is 4.90 Å². The summed E-state index contributed by atoms with van der Waals surface area (Å²) in [6, 6.07) is 0. The highest BCUT2D eigenvalue weighted by molar-refractivity contribution is 5.92. The van der Waals surface area contributed by atoms with Gasteiger partial charge in [-0.3, -0.25) is 4.79 Å². The first kappa shape index (κ1) is 9.95. The fraction of sp³-hybridized carbons (Fsp3) is 0.444. The van der Waals surface area contributed by atoms with Crippen LogP contribution in [0.4, 0.5) is 0 Å². The maximum Gasteiger partial charge on any atom is 0.249 e. The van der Waals surface area contributed by atoms with Crippen molar-refractivity contribution in [1.29, 1.82) is 0 Å². The van der Waals surface area contributed by atoms with Gasteiger partial charge in [-0.2, -0.15) is 0 Å². The van der Waals surface area contributed by atoms with Crippen LogP contribution in [0.1, 0.15) is 13.8 Å². The molecule has 0 atom stereocenters. The minimum Gasteiger partial charge on any atom is -0.336 e. The second-order valence-electron chi connectivity index (χ2n) is 2.41. The zero-order valence-electron chi connectivity index (χ0n) is 7.26. The van der Waals surface area contributed by atoms with Crippen LogP contribution in [0.15, 0.2) is 24.8 Å². The lowest BCUT2D eigenvalue weighted by Crippen LogP contribution is -2.31. The van der Waals surface area contributed by atoms with Gasteiger partial charge in [-0.15, -0.1) is 6.58 Å². The molecule has 0 unspecified atom stereocenters. The Bertz CT molecular complexity index is 172. The van der Waals surface area contributed by atoms with E-state index < -0.39 is 0 Å². The van der Waals surface area contributed by atoms with E-state index in [0.717, 1.165) is 0 Å². The summed E-state index contributed by atoms with van der Waals surface area (Å²) in [5, 5.41) is 0. The first-order valence-electron chi connectivity index (χ1n) is 3.69. The molecule has 0 fully saturated rings. The summed E-state index contributed by atoms with van der Waals surface area (Å²) >= 11 is 0. The van der Waals surface area contributed by atoms with Crippen molar-refractivity contribution in [3.63, 3.8) is 0 Å². The van der Waals surface area contributed by atoms with E-state index in [1.807, 2.05) is 6.92 Å². The van der Waals surface area contributed by atoms with Crippen LogP contribution in [0.3, 0.4) is 0 Å². The summed E-state index contributed by atoms with van der Waals surface area (Å²) in [7, 11) is 0. The number of hydrogen-bond acceptors (Lipinski definition) is 1. The minimum absolute atomic E-state index is 0.00685. The first-order valence-corrected chi connectivity index (χ1v) is 3.69. The summed E-state index contributed by atoms with van der Waals surface area (Å²) < 4.78 is 0. The second-order valence-corrected chi connectivity index (χ2v) is 2.41. The molecule has 0 saturated carbocycles. The van der Waals surface area contributed by atoms with E-state index in [-0.39, 0.29) is 5.91 Å². The van der Waals surface area contributed by atoms with Crippen molar-refractivity contribution in [2.24, 2.45) is 0 Å². The van der Waals surface area contributed by atoms with E-state index in [2.05, 4.69) is 13.2 Å². The summed E-state index contributed by atoms with van der Waals surface area (Å²) in [5.74, 6) is 0.00685. The first-order chi connectivity index (χ1) is 5.13. The van der Waals surface area contributed by atoms with Gasteiger partial charge in [0.1, 0.15) is 0 Å². The Morgan fingerprint density at radius 2 is 2.18 bits per heavy atom. The third-order valence-electron chi connectivity index (χ3n) is 1.38. The molecule has 0 radical (unpaired) electrons. The molecule has 0 aromatic heterocycles. The third-order valence-corrected chi connectivity index (χ3v) is 1.38. The van der Waals surface area contributed by atoms with Gasteiger partial charge in [-0.1, -0.05) is 12.7 Å². The zero-order chi connectivity index (χ0) is 8.85. The van der Waals surface area contributed by atoms with Crippen LogP contribution in [0.5, 0.6) is 0 Å². The normalized spacial score (nSPS) is 8.91. The van der Waals surface area contributed by atoms with Crippen LogP contribution >= 0.6 is 0 Å². The van der Waals surface area contributed by atoms with E-state index in [4.69, 9.17) is 0 Å². The van der Waals surface area contributed by atoms with Crippen molar-refractivity contribution in [1.82, 2.24) is 4.90 Å². The van der Waals surface area contributed by atoms with E-state index in [0.29, 0.717) is 18.7 Å². The van der Waals surface area contributed by atoms with Crippen molar-refractivity contribution in [3.8, 4) is 0 Å². The largest absolute Gasteiger partial charge is 0.336 e. The van der Waals surface area contributed by atoms with Crippen molar-refractivity contribution in [2.45, 2.75) is 13.8 Å². The molecule has 0 aromatic rings. The van der Waals surface area contributed by atoms with E-state index in [9.17, 15) is 4.79 Å². The maximum absolute atomic E-state index is 11.2. The van der Waals surface area contributed by atoms with Gasteiger partial charge in [0, 0.05) is 18.7 Å². The van der Waals surface area contributed by atoms with Gasteiger partial charge in [0.05, 0.1) is 0 Å². The maximum atomic E-state index is 11.2. The van der Waals surface area contributed by atoms with Gasteiger partial charge in [0.25, 0.3) is 0 Å². The van der Waals surface area contributed by atoms with Crippen LogP contribution in [0, 0.1) is 0 Å². The van der Waals surface area contributed by atoms with Gasteiger partial charge in [-0.05, 0) is 13.8 Å². The summed E-state index contributed by atoms with van der Waals surface area (Å²) in [4.78, 5) is 12.9. The molecule has 2 heteroatoms. The molecular weight excluding hydrogens is 138 g/mol. The Hall–Kier alpha value is -1.05. The molecule has 0 heterocycles. The number of rotatable bonds is 4. The number of carbonyl (C=O) groups excluding carboxylic acids is 1. The van der Waals surface area contributed by atoms with Crippen molar-refractivity contribution < 1.29 is 4.79 Å². The summed E-state index contributed by atoms with van der Waals surface area (Å²) in [6.45, 7) is 12.1. The van der Waals surface area contributed by atoms with E-state index >= 15 is 0 Å². The quantitative estimate of drug-likeness (QED) is 0.443. The number of carbonyl (C=O) groups is 1. The standard InChI is InChI=1S/C9H15NO/c1-5-7-10(6-2)9(11)8(3)4/h5H,1,3,6-7H2,2,4H3. The number of hydrogen-bond donors (Lipinski definition) is 0. The zero-order valence-corrected chi connectivity index (χ0v) is 7.26. The van der Waals surface area contributed by atoms with Crippen molar-refractivity contribution >= 4 is 5.91 Å². The monoisotopic (exact) mass is 153 g/mol. The molecule has 0 aliphatic heterocycles. The SMILES string of the molecule is C=CCN(CC)C(=O)C(=C)C. The molecule has 0 saturated heterocycles. The second kappa shape index (κ2) is 4.72. The van der Waals surface area contributed by atoms with Gasteiger partial charge in [-0.25, -0.2) is 0 Å². The van der Waals surface area contributed by atoms with Crippen LogP contribution in [0.25, 0.3) is 0 Å². The van der Waals surface area contributed by atoms with Gasteiger partial charge in [0.15, 0.2) is 0 Å². The van der Waals surface area contributed by atoms with Gasteiger partial charge in [0.2, 0.25) is 5.91 Å². The van der Waals surface area contributed by atoms with Crippen molar-refractivity contribution in [2.75, 3.05) is 13.1 Å². The van der Waals surface area contributed by atoms with E-state index in [1.54, 1.807) is 17.9 Å². The lowest BCUT2D eigenvalue weighted by atomic mass is 10.3. The molecule has 0 bridgehead atoms. The Morgan fingerprint density at radius 1 is 1.64 bits per heavy atom. The fourth-order valence-corrected chi connectivity index (χ4v) is 0.781. The third kappa shape index (κ3) is 3.03. The van der Waals surface area contributed by atoms with E-state index in [1.165, 1.54) is 0 Å². The molecule has 62 valence electrons. The highest BCUT2D eigenvalue weighted by Gasteiger charge is 2.08. The van der Waals surface area contributed by atoms with Crippen LogP contribution in [0.2, 0.25) is 0 Å². The van der Waals surface area contributed by atoms with Crippen molar-refractivity contribution in [3.05, 3.63) is 24.8 Å². The average Bonchev–Trinajstić information content (AvgIpc) is 1.98. The molecule has 2 nitrogen and oxygen atoms in total. The molecule has 0 spiro atoms. The lowest BCUT2D eigenvalue weighted by Gasteiger charge is -2.18. The molecule has 0 rings (SSSR count). The molecular formula is C9H15NO. The highest BCUT2D eigenvalue weighted by atomic mass is 16.2. The predicted octanol–water partition coefficient (Wildman–Crippen LogP) is 1.60. The Balaban J connectivity index is 4.13. The average molecular weight is 153 g/mol. The fourth-order valence-electron chi connectivity index (χ4n) is 0.781. The minimum atomic E-state index is 0.00685. The predicted molar refractivity (Wildman–Crippen MR) is 47.3 cm³/mol. The molecule has 0 aliphatic carbocycles. The number of amides is 1. The van der Waals surface area contributed by atoms with Crippen LogP contribution in [-0.2, 0) is 4.79 Å². The molecule has 11 heavy (non-hydrogen) atoms. The summed E-state index contributed by atoms with van der Waals surface area (Å²) in [6.07, 6.45) is 1.71. The Morgan fingerprint density at radius 3 is 2.45 bits per heavy atom. The van der Waals surface area contributed by atoms with Gasteiger partial charge >= 0.3 is 0 Å². The molecule has 1 amide bonds. The molecule has 0 aromatic carbocycles. The molecule has 0 N–H and O–H groups in total. The Labute approximate surface area is 68.2 Å². The van der Waals surface area contributed by atoms with Crippen LogP contribution in [-0.4, -0.2) is 23.9 Å². The molecule has 0 aliphatic rings. The lowest BCUT2D eigenvalue weighted by molar-refractivity contribution is -0.126. The van der Waals surface area contributed by atoms with Crippen LogP contribution < -0.4 is 0 Å². The smallest absolute Gasteiger partial charge is 0.249 e. The highest BCUT2D eigenvalue weighted by Crippen LogP contribution is 1.97. The summed E-state index contributed by atoms with van der Waals surface area (Å²) in [5.41, 5.74) is 0.578. The number of nitrogens with zero attached hydrogens (tertiary/aromatic N) is 1. The topological polar surface area (TPSA) is 20.3 Å². The Kier molecular flexibility index (Phi) is 4.27.